The van der Waals surface area contributed by atoms with Crippen molar-refractivity contribution in [2.75, 3.05) is 6.54 Å². The summed E-state index contributed by atoms with van der Waals surface area (Å²) >= 11 is 0. The van der Waals surface area contributed by atoms with Crippen LogP contribution in [-0.4, -0.2) is 66.9 Å². The average molecular weight is 701 g/mol. The summed E-state index contributed by atoms with van der Waals surface area (Å²) < 4.78 is 6.38. The molecule has 0 aliphatic carbocycles. The number of aliphatic hydroxyl groups is 3. The number of nitrogens with zero attached hydrogens (tertiary/aromatic N) is 2. The van der Waals surface area contributed by atoms with Crippen LogP contribution in [0.5, 0.6) is 17.2 Å². The van der Waals surface area contributed by atoms with E-state index in [0.29, 0.717) is 36.9 Å². The van der Waals surface area contributed by atoms with Crippen LogP contribution in [0.4, 0.5) is 0 Å². The van der Waals surface area contributed by atoms with Crippen LogP contribution in [-0.2, 0) is 17.6 Å². The molecular formula is C40H52N4O7. The first-order valence-electron chi connectivity index (χ1n) is 18.1. The van der Waals surface area contributed by atoms with E-state index in [4.69, 9.17) is 16.2 Å². The van der Waals surface area contributed by atoms with Gasteiger partial charge in [-0.15, -0.1) is 0 Å². The highest BCUT2D eigenvalue weighted by atomic mass is 16.5. The standard InChI is InChI=1S/C40H52N4O7/c1-3-5-6-9-30(36(49)19-28(45)8-4-2)34(47)15-13-24-18-38(37(50)20-35(24)48)51-39-11-7-10-33(46)29-14-12-25(40(41)42)16-26(29)17-27-21-43-32-23-44(39)22-31(27)32/h12,14,16,18,20-22,28,30,33,36,39-40,45-46,48-50H,3-6,8-9,11,13,15,17,19,23,41-42H2,1-2H3. The Kier molecular flexibility index (Phi) is 13.0. The number of allylic oxidation sites excluding steroid dienone is 1. The number of Topliss-reactive ketones (excluding diaryl/α,β-unsaturated/α-hetero) is 1. The summed E-state index contributed by atoms with van der Waals surface area (Å²) in [5.41, 5.74) is 17.4. The van der Waals surface area contributed by atoms with E-state index in [1.807, 2.05) is 30.3 Å². The summed E-state index contributed by atoms with van der Waals surface area (Å²) in [6, 6.07) is 8.23. The Morgan fingerprint density at radius 1 is 1.08 bits per heavy atom. The third-order valence-corrected chi connectivity index (χ3v) is 9.97. The zero-order chi connectivity index (χ0) is 36.7. The van der Waals surface area contributed by atoms with Gasteiger partial charge in [-0.05, 0) is 59.6 Å². The minimum atomic E-state index is -1.07. The van der Waals surface area contributed by atoms with Gasteiger partial charge in [0.15, 0.2) is 17.7 Å². The monoisotopic (exact) mass is 700 g/mol. The lowest BCUT2D eigenvalue weighted by Crippen LogP contribution is -2.35. The molecule has 5 rings (SSSR count). The Bertz CT molecular complexity index is 1720. The lowest BCUT2D eigenvalue weighted by Gasteiger charge is -2.28. The first kappa shape index (κ1) is 38.1. The third kappa shape index (κ3) is 9.39. The molecule has 3 aliphatic heterocycles. The molecule has 3 heterocycles. The van der Waals surface area contributed by atoms with Gasteiger partial charge in [-0.3, -0.25) is 9.79 Å². The molecule has 9 N–H and O–H groups in total. The number of phenols is 2. The zero-order valence-electron chi connectivity index (χ0n) is 29.6. The molecule has 2 aromatic carbocycles. The van der Waals surface area contributed by atoms with Gasteiger partial charge in [0.25, 0.3) is 0 Å². The van der Waals surface area contributed by atoms with Gasteiger partial charge in [-0.1, -0.05) is 69.6 Å². The molecule has 0 aromatic heterocycles. The number of aliphatic hydroxyl groups excluding tert-OH is 3. The van der Waals surface area contributed by atoms with Crippen molar-refractivity contribution in [1.82, 2.24) is 4.90 Å². The summed E-state index contributed by atoms with van der Waals surface area (Å²) in [7, 11) is 0. The molecule has 0 saturated heterocycles. The van der Waals surface area contributed by atoms with Crippen LogP contribution >= 0.6 is 0 Å². The summed E-state index contributed by atoms with van der Waals surface area (Å²) in [4.78, 5) is 20.1. The Morgan fingerprint density at radius 2 is 1.88 bits per heavy atom. The number of rotatable bonds is 16. The van der Waals surface area contributed by atoms with Crippen LogP contribution in [0.3, 0.4) is 0 Å². The number of hydrogen-bond donors (Lipinski definition) is 7. The largest absolute Gasteiger partial charge is 0.508 e. The molecule has 274 valence electrons. The maximum atomic E-state index is 13.5. The first-order valence-corrected chi connectivity index (χ1v) is 18.1. The van der Waals surface area contributed by atoms with Crippen LogP contribution < -0.4 is 16.2 Å². The average Bonchev–Trinajstić information content (AvgIpc) is 3.68. The number of fused-ring (bicyclic) bond motifs is 2. The van der Waals surface area contributed by atoms with Gasteiger partial charge in [-0.25, -0.2) is 0 Å². The van der Waals surface area contributed by atoms with Crippen LogP contribution in [0.2, 0.25) is 0 Å². The molecule has 3 aliphatic rings. The van der Waals surface area contributed by atoms with Gasteiger partial charge in [0.05, 0.1) is 37.1 Å². The molecule has 11 heteroatoms. The van der Waals surface area contributed by atoms with E-state index in [1.54, 1.807) is 12.1 Å². The van der Waals surface area contributed by atoms with Gasteiger partial charge in [0, 0.05) is 42.8 Å². The summed E-state index contributed by atoms with van der Waals surface area (Å²) in [6.07, 6.45) is 5.40. The highest BCUT2D eigenvalue weighted by molar-refractivity contribution is 6.09. The zero-order valence-corrected chi connectivity index (χ0v) is 29.6. The van der Waals surface area contributed by atoms with Crippen LogP contribution in [0.15, 0.2) is 58.9 Å². The van der Waals surface area contributed by atoms with Crippen molar-refractivity contribution < 1.29 is 35.1 Å². The molecule has 0 amide bonds. The SMILES string of the molecule is CCCCCC(C(=O)CCc1cc(OC2CC#CC(O)c3ccc(C(N)N)cc3CC3=CN=C4CN2C=C34)c(O)cc1O)C(O)CC(O)CCC. The highest BCUT2D eigenvalue weighted by Gasteiger charge is 2.33. The smallest absolute Gasteiger partial charge is 0.183 e. The van der Waals surface area contributed by atoms with Crippen molar-refractivity contribution in [2.45, 2.75) is 115 Å². The molecule has 5 atom stereocenters. The molecule has 0 fully saturated rings. The molecule has 0 saturated carbocycles. The number of benzene rings is 2. The fraction of sp³-hybridized carbons (Fsp3) is 0.500. The van der Waals surface area contributed by atoms with Gasteiger partial charge in [0.2, 0.25) is 0 Å². The maximum Gasteiger partial charge on any atom is 0.183 e. The number of nitrogens with two attached hydrogens (primary N) is 2. The van der Waals surface area contributed by atoms with Gasteiger partial charge >= 0.3 is 0 Å². The summed E-state index contributed by atoms with van der Waals surface area (Å²) in [6.45, 7) is 4.48. The number of carbonyl (C=O) groups excluding carboxylic acids is 1. The summed E-state index contributed by atoms with van der Waals surface area (Å²) in [5.74, 6) is 4.93. The van der Waals surface area contributed by atoms with Crippen molar-refractivity contribution >= 4 is 11.5 Å². The lowest BCUT2D eigenvalue weighted by molar-refractivity contribution is -0.127. The van der Waals surface area contributed by atoms with E-state index in [9.17, 15) is 30.3 Å². The predicted octanol–water partition coefficient (Wildman–Crippen LogP) is 4.55. The summed E-state index contributed by atoms with van der Waals surface area (Å²) in [5, 5.41) is 54.0. The van der Waals surface area contributed by atoms with Crippen LogP contribution in [0.25, 0.3) is 0 Å². The fourth-order valence-corrected chi connectivity index (χ4v) is 7.04. The number of unbranched alkanes of at least 4 members (excludes halogenated alkanes) is 2. The normalized spacial score (nSPS) is 19.8. The second-order valence-electron chi connectivity index (χ2n) is 13.9. The first-order chi connectivity index (χ1) is 24.5. The molecule has 2 aromatic rings. The molecule has 0 spiro atoms. The molecule has 0 radical (unpaired) electrons. The highest BCUT2D eigenvalue weighted by Crippen LogP contribution is 2.38. The predicted molar refractivity (Wildman–Crippen MR) is 196 cm³/mol. The topological polar surface area (TPSA) is 195 Å². The number of hydrogen-bond acceptors (Lipinski definition) is 11. The number of aliphatic imine (C=N–C) groups is 1. The lowest BCUT2D eigenvalue weighted by atomic mass is 9.85. The van der Waals surface area contributed by atoms with Crippen molar-refractivity contribution in [1.29, 1.82) is 0 Å². The van der Waals surface area contributed by atoms with Crippen LogP contribution in [0.1, 0.15) is 106 Å². The minimum Gasteiger partial charge on any atom is -0.508 e. The molecule has 51 heavy (non-hydrogen) atoms. The molecule has 11 nitrogen and oxygen atoms in total. The number of aromatic hydroxyl groups is 2. The van der Waals surface area contributed by atoms with Crippen molar-refractivity contribution in [3.63, 3.8) is 0 Å². The maximum absolute atomic E-state index is 13.5. The molecule has 2 bridgehead atoms. The van der Waals surface area contributed by atoms with Gasteiger partial charge in [0.1, 0.15) is 17.6 Å². The van der Waals surface area contributed by atoms with E-state index in [1.165, 1.54) is 12.1 Å². The number of phenolic OH excluding ortho intramolecular Hbond substituents is 2. The Morgan fingerprint density at radius 3 is 2.63 bits per heavy atom. The van der Waals surface area contributed by atoms with E-state index < -0.39 is 36.6 Å². The van der Waals surface area contributed by atoms with Crippen LogP contribution in [0, 0.1) is 17.8 Å². The number of aryl methyl sites for hydroxylation is 1. The third-order valence-electron chi connectivity index (χ3n) is 9.97. The van der Waals surface area contributed by atoms with E-state index in [0.717, 1.165) is 53.7 Å². The van der Waals surface area contributed by atoms with Gasteiger partial charge in [-0.2, -0.15) is 0 Å². The number of ketones is 1. The molecular weight excluding hydrogens is 648 g/mol. The quantitative estimate of drug-likeness (QED) is 0.0742. The number of ether oxygens (including phenoxy) is 1. The fourth-order valence-electron chi connectivity index (χ4n) is 7.04. The Hall–Kier alpha value is -4.18. The van der Waals surface area contributed by atoms with Crippen molar-refractivity contribution in [3.05, 3.63) is 76.1 Å². The van der Waals surface area contributed by atoms with Crippen molar-refractivity contribution in [3.8, 4) is 29.1 Å². The number of carbonyl (C=O) groups is 1. The molecule has 5 unspecified atom stereocenters. The minimum absolute atomic E-state index is 0.0651. The Labute approximate surface area is 300 Å². The van der Waals surface area contributed by atoms with E-state index >= 15 is 0 Å². The van der Waals surface area contributed by atoms with E-state index in [-0.39, 0.29) is 48.7 Å². The van der Waals surface area contributed by atoms with E-state index in [2.05, 4.69) is 23.8 Å². The second-order valence-corrected chi connectivity index (χ2v) is 13.9. The van der Waals surface area contributed by atoms with Crippen molar-refractivity contribution in [2.24, 2.45) is 22.4 Å². The second kappa shape index (κ2) is 17.4. The van der Waals surface area contributed by atoms with Gasteiger partial charge < -0.3 is 46.6 Å². The Balaban J connectivity index is 1.35.